The summed E-state index contributed by atoms with van der Waals surface area (Å²) >= 11 is 0. The molecule has 0 spiro atoms. The van der Waals surface area contributed by atoms with Gasteiger partial charge in [-0.15, -0.1) is 0 Å². The van der Waals surface area contributed by atoms with Gasteiger partial charge in [0.15, 0.2) is 0 Å². The third-order valence-corrected chi connectivity index (χ3v) is 4.46. The van der Waals surface area contributed by atoms with Crippen molar-refractivity contribution < 1.29 is 9.84 Å². The van der Waals surface area contributed by atoms with Crippen LogP contribution in [0.25, 0.3) is 0 Å². The zero-order valence-corrected chi connectivity index (χ0v) is 14.9. The van der Waals surface area contributed by atoms with Crippen molar-refractivity contribution >= 4 is 0 Å². The van der Waals surface area contributed by atoms with Crippen molar-refractivity contribution in [3.8, 4) is 0 Å². The molecule has 136 valence electrons. The normalized spacial score (nSPS) is 20.0. The van der Waals surface area contributed by atoms with E-state index in [9.17, 15) is 5.11 Å². The Morgan fingerprint density at radius 2 is 2.16 bits per heavy atom. The Bertz CT molecular complexity index is 605. The molecule has 1 saturated heterocycles. The number of β-amino-alcohol motifs (C(OH)–C–C–N with tert-alkyl or cyclic N) is 1. The number of aliphatic hydroxyl groups is 1. The predicted octanol–water partition coefficient (Wildman–Crippen LogP) is 1.08. The standard InChI is InChI=1S/C19H28N4O2/c1-21(12-17-6-3-2-4-7-17)13-18(24)14-22-10-11-25-19(15-22)16-23-9-5-8-20-23/h2-9,18-19,24H,10-16H2,1H3/t18-,19+/m0/s1. The van der Waals surface area contributed by atoms with E-state index in [-0.39, 0.29) is 12.2 Å². The van der Waals surface area contributed by atoms with Crippen LogP contribution in [0.1, 0.15) is 5.56 Å². The van der Waals surface area contributed by atoms with Crippen LogP contribution in [0.4, 0.5) is 0 Å². The molecular weight excluding hydrogens is 316 g/mol. The fraction of sp³-hybridized carbons (Fsp3) is 0.526. The molecule has 1 aromatic heterocycles. The quantitative estimate of drug-likeness (QED) is 0.777. The number of benzene rings is 1. The van der Waals surface area contributed by atoms with Crippen molar-refractivity contribution in [3.05, 3.63) is 54.4 Å². The molecule has 2 heterocycles. The van der Waals surface area contributed by atoms with E-state index in [2.05, 4.69) is 34.1 Å². The fourth-order valence-electron chi connectivity index (χ4n) is 3.35. The van der Waals surface area contributed by atoms with E-state index in [1.807, 2.05) is 35.1 Å². The van der Waals surface area contributed by atoms with E-state index in [1.54, 1.807) is 6.20 Å². The van der Waals surface area contributed by atoms with Crippen LogP contribution < -0.4 is 0 Å². The lowest BCUT2D eigenvalue weighted by atomic mass is 10.2. The highest BCUT2D eigenvalue weighted by Crippen LogP contribution is 2.09. The highest BCUT2D eigenvalue weighted by Gasteiger charge is 2.23. The van der Waals surface area contributed by atoms with E-state index in [0.29, 0.717) is 19.7 Å². The lowest BCUT2D eigenvalue weighted by Gasteiger charge is -2.34. The lowest BCUT2D eigenvalue weighted by molar-refractivity contribution is -0.0504. The average Bonchev–Trinajstić information content (AvgIpc) is 3.08. The van der Waals surface area contributed by atoms with Gasteiger partial charge in [0.25, 0.3) is 0 Å². The summed E-state index contributed by atoms with van der Waals surface area (Å²) in [5, 5.41) is 14.7. The molecule has 1 fully saturated rings. The van der Waals surface area contributed by atoms with Gasteiger partial charge in [-0.05, 0) is 18.7 Å². The van der Waals surface area contributed by atoms with Crippen LogP contribution in [-0.2, 0) is 17.8 Å². The fourth-order valence-corrected chi connectivity index (χ4v) is 3.35. The van der Waals surface area contributed by atoms with Crippen LogP contribution in [-0.4, -0.2) is 76.7 Å². The molecule has 1 aliphatic heterocycles. The summed E-state index contributed by atoms with van der Waals surface area (Å²) in [7, 11) is 2.05. The maximum absolute atomic E-state index is 10.5. The first kappa shape index (κ1) is 18.1. The van der Waals surface area contributed by atoms with Crippen molar-refractivity contribution in [2.45, 2.75) is 25.3 Å². The number of hydrogen-bond acceptors (Lipinski definition) is 5. The summed E-state index contributed by atoms with van der Waals surface area (Å²) in [6.45, 7) is 5.36. The lowest BCUT2D eigenvalue weighted by Crippen LogP contribution is -2.48. The largest absolute Gasteiger partial charge is 0.390 e. The number of ether oxygens (including phenoxy) is 1. The highest BCUT2D eigenvalue weighted by atomic mass is 16.5. The molecule has 6 nitrogen and oxygen atoms in total. The van der Waals surface area contributed by atoms with Gasteiger partial charge in [0, 0.05) is 45.1 Å². The van der Waals surface area contributed by atoms with Crippen LogP contribution in [0.3, 0.4) is 0 Å². The predicted molar refractivity (Wildman–Crippen MR) is 97.2 cm³/mol. The first-order valence-corrected chi connectivity index (χ1v) is 8.91. The van der Waals surface area contributed by atoms with Crippen molar-refractivity contribution in [1.29, 1.82) is 0 Å². The molecule has 0 bridgehead atoms. The van der Waals surface area contributed by atoms with Gasteiger partial charge in [0.1, 0.15) is 0 Å². The molecular formula is C19H28N4O2. The maximum atomic E-state index is 10.5. The molecule has 0 amide bonds. The second-order valence-electron chi connectivity index (χ2n) is 6.82. The molecule has 2 atom stereocenters. The highest BCUT2D eigenvalue weighted by molar-refractivity contribution is 5.14. The molecule has 1 aromatic carbocycles. The van der Waals surface area contributed by atoms with Gasteiger partial charge in [0.2, 0.25) is 0 Å². The summed E-state index contributed by atoms with van der Waals surface area (Å²) < 4.78 is 7.73. The molecule has 1 N–H and O–H groups in total. The molecule has 0 radical (unpaired) electrons. The molecule has 1 aliphatic rings. The van der Waals surface area contributed by atoms with Gasteiger partial charge in [-0.3, -0.25) is 14.5 Å². The van der Waals surface area contributed by atoms with E-state index in [4.69, 9.17) is 4.74 Å². The first-order chi connectivity index (χ1) is 12.2. The van der Waals surface area contributed by atoms with E-state index in [0.717, 1.165) is 26.2 Å². The van der Waals surface area contributed by atoms with Gasteiger partial charge in [-0.1, -0.05) is 30.3 Å². The minimum absolute atomic E-state index is 0.128. The van der Waals surface area contributed by atoms with Gasteiger partial charge in [0.05, 0.1) is 25.4 Å². The third kappa shape index (κ3) is 5.93. The second kappa shape index (κ2) is 9.10. The van der Waals surface area contributed by atoms with Gasteiger partial charge >= 0.3 is 0 Å². The number of rotatable bonds is 8. The van der Waals surface area contributed by atoms with E-state index in [1.165, 1.54) is 5.56 Å². The summed E-state index contributed by atoms with van der Waals surface area (Å²) in [6, 6.07) is 12.3. The average molecular weight is 344 g/mol. The molecule has 0 saturated carbocycles. The van der Waals surface area contributed by atoms with E-state index >= 15 is 0 Å². The molecule has 2 aromatic rings. The van der Waals surface area contributed by atoms with Gasteiger partial charge < -0.3 is 9.84 Å². The van der Waals surface area contributed by atoms with Crippen LogP contribution in [0.5, 0.6) is 0 Å². The number of aliphatic hydroxyl groups excluding tert-OH is 1. The van der Waals surface area contributed by atoms with Crippen molar-refractivity contribution in [3.63, 3.8) is 0 Å². The summed E-state index contributed by atoms with van der Waals surface area (Å²) in [4.78, 5) is 4.46. The summed E-state index contributed by atoms with van der Waals surface area (Å²) in [5.74, 6) is 0. The van der Waals surface area contributed by atoms with Gasteiger partial charge in [-0.25, -0.2) is 0 Å². The number of morpholine rings is 1. The Labute approximate surface area is 149 Å². The zero-order valence-electron chi connectivity index (χ0n) is 14.9. The second-order valence-corrected chi connectivity index (χ2v) is 6.82. The van der Waals surface area contributed by atoms with Gasteiger partial charge in [-0.2, -0.15) is 5.10 Å². The summed E-state index contributed by atoms with van der Waals surface area (Å²) in [5.41, 5.74) is 1.27. The Balaban J connectivity index is 1.41. The Kier molecular flexibility index (Phi) is 6.58. The molecule has 0 unspecified atom stereocenters. The monoisotopic (exact) mass is 344 g/mol. The molecule has 6 heteroatoms. The van der Waals surface area contributed by atoms with Crippen molar-refractivity contribution in [2.24, 2.45) is 0 Å². The molecule has 25 heavy (non-hydrogen) atoms. The van der Waals surface area contributed by atoms with Crippen molar-refractivity contribution in [1.82, 2.24) is 19.6 Å². The van der Waals surface area contributed by atoms with Crippen LogP contribution in [0.15, 0.2) is 48.8 Å². The molecule has 0 aliphatic carbocycles. The first-order valence-electron chi connectivity index (χ1n) is 8.91. The van der Waals surface area contributed by atoms with Crippen molar-refractivity contribution in [2.75, 3.05) is 39.8 Å². The Morgan fingerprint density at radius 1 is 1.32 bits per heavy atom. The minimum atomic E-state index is -0.364. The molecule has 3 rings (SSSR count). The summed E-state index contributed by atoms with van der Waals surface area (Å²) in [6.07, 6.45) is 3.50. The van der Waals surface area contributed by atoms with Crippen LogP contribution in [0.2, 0.25) is 0 Å². The third-order valence-electron chi connectivity index (χ3n) is 4.46. The smallest absolute Gasteiger partial charge is 0.0898 e. The Morgan fingerprint density at radius 3 is 2.92 bits per heavy atom. The zero-order chi connectivity index (χ0) is 17.5. The Hall–Kier alpha value is -1.73. The maximum Gasteiger partial charge on any atom is 0.0898 e. The minimum Gasteiger partial charge on any atom is -0.390 e. The van der Waals surface area contributed by atoms with Crippen LogP contribution >= 0.6 is 0 Å². The number of aromatic nitrogens is 2. The number of hydrogen-bond donors (Lipinski definition) is 1. The topological polar surface area (TPSA) is 53.8 Å². The number of nitrogens with zero attached hydrogens (tertiary/aromatic N) is 4. The van der Waals surface area contributed by atoms with E-state index < -0.39 is 0 Å². The van der Waals surface area contributed by atoms with Crippen LogP contribution in [0, 0.1) is 0 Å². The number of likely N-dealkylation sites (N-methyl/N-ethyl adjacent to an activating group) is 1. The SMILES string of the molecule is CN(Cc1ccccc1)C[C@H](O)CN1CCO[C@@H](Cn2cccn2)C1.